The molecule has 2 N–H and O–H groups in total. The predicted octanol–water partition coefficient (Wildman–Crippen LogP) is 0.532. The molecule has 0 spiro atoms. The average molecular weight is 225 g/mol. The van der Waals surface area contributed by atoms with Crippen molar-refractivity contribution >= 4 is 5.91 Å². The summed E-state index contributed by atoms with van der Waals surface area (Å²) in [6, 6.07) is 2.63. The van der Waals surface area contributed by atoms with Gasteiger partial charge in [0.2, 0.25) is 0 Å². The molecule has 1 amide bonds. The number of hydrogen-bond donors (Lipinski definition) is 2. The van der Waals surface area contributed by atoms with Crippen LogP contribution in [0.4, 0.5) is 0 Å². The van der Waals surface area contributed by atoms with Crippen molar-refractivity contribution in [2.45, 2.75) is 19.3 Å². The van der Waals surface area contributed by atoms with Gasteiger partial charge in [0.05, 0.1) is 5.56 Å². The Bertz CT molecular complexity index is 365. The van der Waals surface area contributed by atoms with E-state index in [9.17, 15) is 9.59 Å². The van der Waals surface area contributed by atoms with Crippen molar-refractivity contribution in [3.63, 3.8) is 0 Å². The number of carbonyl (C=O) groups excluding carboxylic acids is 1. The largest absolute Gasteiger partial charge is 0.430 e. The molecular formula is C11H15NO4. The van der Waals surface area contributed by atoms with Crippen molar-refractivity contribution in [3.05, 3.63) is 34.4 Å². The fourth-order valence-corrected chi connectivity index (χ4v) is 1.20. The van der Waals surface area contributed by atoms with Crippen LogP contribution in [0.5, 0.6) is 0 Å². The summed E-state index contributed by atoms with van der Waals surface area (Å²) in [5.41, 5.74) is -0.138. The third-order valence-electron chi connectivity index (χ3n) is 2.08. The van der Waals surface area contributed by atoms with Gasteiger partial charge in [-0.05, 0) is 25.3 Å². The van der Waals surface area contributed by atoms with Crippen molar-refractivity contribution in [2.75, 3.05) is 13.2 Å². The standard InChI is InChI=1S/C11H15NO4/c13-7-3-1-2-6-12-11(15)9-4-5-10(14)16-8-9/h4-5,8,13H,1-3,6-7H2,(H,12,15). The smallest absolute Gasteiger partial charge is 0.335 e. The second-order valence-electron chi connectivity index (χ2n) is 3.38. The molecule has 0 fully saturated rings. The lowest BCUT2D eigenvalue weighted by molar-refractivity contribution is 0.0950. The Kier molecular flexibility index (Phi) is 5.28. The summed E-state index contributed by atoms with van der Waals surface area (Å²) in [7, 11) is 0. The predicted molar refractivity (Wildman–Crippen MR) is 58.2 cm³/mol. The van der Waals surface area contributed by atoms with Crippen molar-refractivity contribution in [3.8, 4) is 0 Å². The van der Waals surface area contributed by atoms with Gasteiger partial charge in [0, 0.05) is 19.2 Å². The van der Waals surface area contributed by atoms with Crippen LogP contribution in [0.2, 0.25) is 0 Å². The third-order valence-corrected chi connectivity index (χ3v) is 2.08. The van der Waals surface area contributed by atoms with Gasteiger partial charge >= 0.3 is 5.63 Å². The second-order valence-corrected chi connectivity index (χ2v) is 3.38. The second kappa shape index (κ2) is 6.79. The molecule has 0 bridgehead atoms. The van der Waals surface area contributed by atoms with Crippen LogP contribution in [0.15, 0.2) is 27.6 Å². The molecule has 1 aromatic heterocycles. The molecule has 0 unspecified atom stereocenters. The molecule has 88 valence electrons. The summed E-state index contributed by atoms with van der Waals surface area (Å²) in [4.78, 5) is 22.1. The van der Waals surface area contributed by atoms with Gasteiger partial charge in [-0.1, -0.05) is 0 Å². The van der Waals surface area contributed by atoms with Crippen molar-refractivity contribution in [1.29, 1.82) is 0 Å². The molecule has 0 atom stereocenters. The zero-order chi connectivity index (χ0) is 11.8. The number of unbranched alkanes of at least 4 members (excludes halogenated alkanes) is 2. The highest BCUT2D eigenvalue weighted by atomic mass is 16.4. The van der Waals surface area contributed by atoms with Crippen LogP contribution in [0.1, 0.15) is 29.6 Å². The van der Waals surface area contributed by atoms with E-state index in [1.807, 2.05) is 0 Å². The molecule has 5 heteroatoms. The normalized spacial score (nSPS) is 10.1. The van der Waals surface area contributed by atoms with E-state index >= 15 is 0 Å². The maximum atomic E-state index is 11.5. The molecule has 1 heterocycles. The zero-order valence-electron chi connectivity index (χ0n) is 8.94. The third kappa shape index (κ3) is 4.27. The number of aliphatic hydroxyl groups excluding tert-OH is 1. The Morgan fingerprint density at radius 1 is 1.31 bits per heavy atom. The van der Waals surface area contributed by atoms with Gasteiger partial charge in [-0.15, -0.1) is 0 Å². The minimum atomic E-state index is -0.473. The highest BCUT2D eigenvalue weighted by Crippen LogP contribution is 1.96. The van der Waals surface area contributed by atoms with E-state index in [1.165, 1.54) is 12.1 Å². The SMILES string of the molecule is O=C(NCCCCCO)c1ccc(=O)oc1. The van der Waals surface area contributed by atoms with Crippen molar-refractivity contribution < 1.29 is 14.3 Å². The van der Waals surface area contributed by atoms with Crippen molar-refractivity contribution in [2.24, 2.45) is 0 Å². The zero-order valence-corrected chi connectivity index (χ0v) is 8.94. The molecular weight excluding hydrogens is 210 g/mol. The summed E-state index contributed by atoms with van der Waals surface area (Å²) >= 11 is 0. The molecule has 0 aliphatic rings. The summed E-state index contributed by atoms with van der Waals surface area (Å²) in [5, 5.41) is 11.2. The summed E-state index contributed by atoms with van der Waals surface area (Å²) in [6.07, 6.45) is 3.59. The van der Waals surface area contributed by atoms with E-state index in [2.05, 4.69) is 9.73 Å². The summed E-state index contributed by atoms with van der Waals surface area (Å²) in [6.45, 7) is 0.732. The molecule has 5 nitrogen and oxygen atoms in total. The lowest BCUT2D eigenvalue weighted by Gasteiger charge is -2.03. The number of carbonyl (C=O) groups is 1. The molecule has 1 rings (SSSR count). The van der Waals surface area contributed by atoms with Gasteiger partial charge < -0.3 is 14.8 Å². The molecule has 1 aromatic rings. The Morgan fingerprint density at radius 2 is 2.12 bits per heavy atom. The van der Waals surface area contributed by atoms with E-state index in [-0.39, 0.29) is 12.5 Å². The number of hydrogen-bond acceptors (Lipinski definition) is 4. The maximum absolute atomic E-state index is 11.5. The quantitative estimate of drug-likeness (QED) is 0.692. The van der Waals surface area contributed by atoms with Gasteiger partial charge in [0.15, 0.2) is 0 Å². The molecule has 0 aliphatic carbocycles. The van der Waals surface area contributed by atoms with Gasteiger partial charge in [-0.3, -0.25) is 4.79 Å². The van der Waals surface area contributed by atoms with Crippen LogP contribution in [0.3, 0.4) is 0 Å². The Balaban J connectivity index is 2.30. The van der Waals surface area contributed by atoms with Crippen LogP contribution >= 0.6 is 0 Å². The molecule has 0 radical (unpaired) electrons. The highest BCUT2D eigenvalue weighted by Gasteiger charge is 2.04. The first-order valence-corrected chi connectivity index (χ1v) is 5.22. The monoisotopic (exact) mass is 225 g/mol. The minimum Gasteiger partial charge on any atom is -0.430 e. The Morgan fingerprint density at radius 3 is 2.75 bits per heavy atom. The van der Waals surface area contributed by atoms with E-state index in [0.29, 0.717) is 12.1 Å². The Labute approximate surface area is 93.1 Å². The lowest BCUT2D eigenvalue weighted by atomic mass is 10.2. The first kappa shape index (κ1) is 12.4. The van der Waals surface area contributed by atoms with Crippen LogP contribution in [0, 0.1) is 0 Å². The van der Waals surface area contributed by atoms with E-state index < -0.39 is 5.63 Å². The highest BCUT2D eigenvalue weighted by molar-refractivity contribution is 5.93. The maximum Gasteiger partial charge on any atom is 0.335 e. The van der Waals surface area contributed by atoms with Crippen LogP contribution in [0.25, 0.3) is 0 Å². The van der Waals surface area contributed by atoms with Crippen LogP contribution in [-0.2, 0) is 0 Å². The number of nitrogens with one attached hydrogen (secondary N) is 1. The fraction of sp³-hybridized carbons (Fsp3) is 0.455. The first-order valence-electron chi connectivity index (χ1n) is 5.22. The number of aliphatic hydroxyl groups is 1. The molecule has 0 aliphatic heterocycles. The van der Waals surface area contributed by atoms with E-state index in [1.54, 1.807) is 0 Å². The van der Waals surface area contributed by atoms with Crippen LogP contribution in [-0.4, -0.2) is 24.2 Å². The van der Waals surface area contributed by atoms with E-state index in [0.717, 1.165) is 25.5 Å². The topological polar surface area (TPSA) is 79.5 Å². The Hall–Kier alpha value is -1.62. The average Bonchev–Trinajstić information content (AvgIpc) is 2.29. The van der Waals surface area contributed by atoms with E-state index in [4.69, 9.17) is 5.11 Å². The summed E-state index contributed by atoms with van der Waals surface area (Å²) in [5.74, 6) is -0.257. The van der Waals surface area contributed by atoms with Crippen LogP contribution < -0.4 is 10.9 Å². The van der Waals surface area contributed by atoms with Gasteiger partial charge in [-0.2, -0.15) is 0 Å². The minimum absolute atomic E-state index is 0.178. The van der Waals surface area contributed by atoms with Gasteiger partial charge in [0.1, 0.15) is 6.26 Å². The molecule has 0 saturated heterocycles. The molecule has 16 heavy (non-hydrogen) atoms. The summed E-state index contributed by atoms with van der Waals surface area (Å²) < 4.78 is 4.57. The van der Waals surface area contributed by atoms with Gasteiger partial charge in [-0.25, -0.2) is 4.79 Å². The fourth-order valence-electron chi connectivity index (χ4n) is 1.20. The molecule has 0 saturated carbocycles. The lowest BCUT2D eigenvalue weighted by Crippen LogP contribution is -2.24. The van der Waals surface area contributed by atoms with Crippen molar-refractivity contribution in [1.82, 2.24) is 5.32 Å². The number of amides is 1. The number of rotatable bonds is 6. The first-order chi connectivity index (χ1) is 7.74. The molecule has 0 aromatic carbocycles. The van der Waals surface area contributed by atoms with Gasteiger partial charge in [0.25, 0.3) is 5.91 Å².